The van der Waals surface area contributed by atoms with Gasteiger partial charge in [0.25, 0.3) is 0 Å². The lowest BCUT2D eigenvalue weighted by Crippen LogP contribution is -1.78. The summed E-state index contributed by atoms with van der Waals surface area (Å²) in [6, 6.07) is 0. The van der Waals surface area contributed by atoms with Gasteiger partial charge >= 0.3 is 0 Å². The molecule has 1 unspecified atom stereocenters. The summed E-state index contributed by atoms with van der Waals surface area (Å²) in [5, 5.41) is 0. The molecule has 0 aromatic rings. The summed E-state index contributed by atoms with van der Waals surface area (Å²) in [6.45, 7) is 5.12. The van der Waals surface area contributed by atoms with Gasteiger partial charge in [0, 0.05) is 1.37 Å². The van der Waals surface area contributed by atoms with E-state index in [0.29, 0.717) is 5.92 Å². The predicted molar refractivity (Wildman–Crippen MR) is 29.7 cm³/mol. The summed E-state index contributed by atoms with van der Waals surface area (Å²) in [4.78, 5) is 0. The first kappa shape index (κ1) is 2.84. The molecule has 0 aliphatic carbocycles. The average molecular weight is 86.2 g/mol. The topological polar surface area (TPSA) is 0 Å². The fourth-order valence-corrected chi connectivity index (χ4v) is 0.222. The molecule has 0 saturated heterocycles. The molecule has 0 aliphatic rings. The molecule has 0 amide bonds. The van der Waals surface area contributed by atoms with Crippen molar-refractivity contribution in [3.8, 4) is 0 Å². The molecule has 0 heterocycles. The van der Waals surface area contributed by atoms with Crippen LogP contribution in [0.5, 0.6) is 0 Å². The van der Waals surface area contributed by atoms with Crippen molar-refractivity contribution in [2.75, 3.05) is 0 Å². The van der Waals surface area contributed by atoms with E-state index in [0.717, 1.165) is 0 Å². The Morgan fingerprint density at radius 1 is 2.17 bits per heavy atom. The van der Waals surface area contributed by atoms with E-state index in [1.165, 1.54) is 6.55 Å². The Labute approximate surface area is 42.7 Å². The molecule has 6 heavy (non-hydrogen) atoms. The molecular formula is C6H12. The summed E-state index contributed by atoms with van der Waals surface area (Å²) in [5.74, 6) is 0.330. The van der Waals surface area contributed by atoms with Gasteiger partial charge in [0.1, 0.15) is 0 Å². The van der Waals surface area contributed by atoms with Crippen LogP contribution >= 0.6 is 0 Å². The number of hydrogen-bond donors (Lipinski definition) is 0. The molecular weight excluding hydrogens is 72.1 g/mol. The van der Waals surface area contributed by atoms with E-state index >= 15 is 0 Å². The highest BCUT2D eigenvalue weighted by atomic mass is 13.9. The van der Waals surface area contributed by atoms with Crippen LogP contribution in [-0.2, 0) is 0 Å². The number of hydrogen-bond acceptors (Lipinski definition) is 0. The fraction of sp³-hybridized carbons (Fsp3) is 0.667. The minimum absolute atomic E-state index is 0.201. The van der Waals surface area contributed by atoms with Gasteiger partial charge in [0.05, 0.1) is 1.37 Å². The van der Waals surface area contributed by atoms with Crippen molar-refractivity contribution in [3.63, 3.8) is 0 Å². The van der Waals surface area contributed by atoms with E-state index < -0.39 is 0 Å². The van der Waals surface area contributed by atoms with Gasteiger partial charge in [-0.1, -0.05) is 19.9 Å². The second kappa shape index (κ2) is 2.95. The highest BCUT2D eigenvalue weighted by Crippen LogP contribution is 1.96. The van der Waals surface area contributed by atoms with Crippen molar-refractivity contribution < 1.29 is 2.74 Å². The summed E-state index contributed by atoms with van der Waals surface area (Å²) in [5.41, 5.74) is 0. The third-order valence-corrected chi connectivity index (χ3v) is 0.496. The Morgan fingerprint density at radius 3 is 3.00 bits per heavy atom. The minimum Gasteiger partial charge on any atom is -0.103 e. The van der Waals surface area contributed by atoms with Gasteiger partial charge in [-0.05, 0) is 12.3 Å². The lowest BCUT2D eigenvalue weighted by atomic mass is 10.1. The Morgan fingerprint density at radius 2 is 2.83 bits per heavy atom. The molecule has 0 nitrogen and oxygen atoms in total. The van der Waals surface area contributed by atoms with Gasteiger partial charge < -0.3 is 0 Å². The molecule has 0 saturated carbocycles. The lowest BCUT2D eigenvalue weighted by molar-refractivity contribution is 0.664. The maximum absolute atomic E-state index is 7.22. The molecule has 0 bridgehead atoms. The standard InChI is InChI=1S/C6H12/c1-4-5-6(2)3/h4,6H,1,5H2,2-3H3/i1D,5D/b4-1+. The Balaban J connectivity index is 3.47. The zero-order chi connectivity index (χ0) is 6.57. The second-order valence-electron chi connectivity index (χ2n) is 1.63. The van der Waals surface area contributed by atoms with Gasteiger partial charge in [-0.25, -0.2) is 0 Å². The molecule has 0 rings (SSSR count). The molecule has 0 radical (unpaired) electrons. The largest absolute Gasteiger partial charge is 0.103 e. The Hall–Kier alpha value is -0.260. The van der Waals surface area contributed by atoms with Gasteiger partial charge in [-0.15, -0.1) is 6.55 Å². The maximum Gasteiger partial charge on any atom is 0.0534 e. The van der Waals surface area contributed by atoms with Gasteiger partial charge in [-0.3, -0.25) is 0 Å². The first-order valence-electron chi connectivity index (χ1n) is 3.31. The van der Waals surface area contributed by atoms with Gasteiger partial charge in [0.15, 0.2) is 0 Å². The van der Waals surface area contributed by atoms with Crippen LogP contribution in [0, 0.1) is 5.92 Å². The monoisotopic (exact) mass is 86.1 g/mol. The molecule has 0 N–H and O–H groups in total. The normalized spacial score (nSPS) is 21.2. The lowest BCUT2D eigenvalue weighted by Gasteiger charge is -1.92. The van der Waals surface area contributed by atoms with Crippen LogP contribution in [0.3, 0.4) is 0 Å². The Kier molecular flexibility index (Phi) is 1.40. The third kappa shape index (κ3) is 3.74. The highest BCUT2D eigenvalue weighted by molar-refractivity contribution is 4.67. The predicted octanol–water partition coefficient (Wildman–Crippen LogP) is 2.22. The zero-order valence-corrected chi connectivity index (χ0v) is 4.31. The van der Waals surface area contributed by atoms with Crippen LogP contribution in [0.25, 0.3) is 0 Å². The summed E-state index contributed by atoms with van der Waals surface area (Å²) in [6.07, 6.45) is 1.37. The van der Waals surface area contributed by atoms with Gasteiger partial charge in [-0.2, -0.15) is 0 Å². The van der Waals surface area contributed by atoms with Crippen molar-refractivity contribution in [2.45, 2.75) is 20.2 Å². The van der Waals surface area contributed by atoms with E-state index in [9.17, 15) is 0 Å². The molecule has 36 valence electrons. The van der Waals surface area contributed by atoms with E-state index in [-0.39, 0.29) is 6.40 Å². The first-order valence-corrected chi connectivity index (χ1v) is 2.15. The molecule has 0 spiro atoms. The number of rotatable bonds is 2. The van der Waals surface area contributed by atoms with Crippen molar-refractivity contribution in [3.05, 3.63) is 12.6 Å². The van der Waals surface area contributed by atoms with Crippen molar-refractivity contribution >= 4 is 0 Å². The van der Waals surface area contributed by atoms with Crippen LogP contribution < -0.4 is 0 Å². The molecule has 0 fully saturated rings. The molecule has 0 aromatic carbocycles. The number of allylic oxidation sites excluding steroid dienone is 1. The SMILES string of the molecule is [2H]/C=C/C([2H])C(C)C. The average Bonchev–Trinajstić information content (AvgIpc) is 1.67. The van der Waals surface area contributed by atoms with Crippen molar-refractivity contribution in [1.82, 2.24) is 0 Å². The summed E-state index contributed by atoms with van der Waals surface area (Å²) in [7, 11) is 0. The molecule has 0 aliphatic heterocycles. The van der Waals surface area contributed by atoms with Crippen molar-refractivity contribution in [2.24, 2.45) is 5.92 Å². The second-order valence-corrected chi connectivity index (χ2v) is 1.63. The minimum atomic E-state index is -0.201. The highest BCUT2D eigenvalue weighted by Gasteiger charge is 1.82. The maximum atomic E-state index is 7.22. The van der Waals surface area contributed by atoms with Crippen LogP contribution in [0.2, 0.25) is 0 Å². The first-order chi connectivity index (χ1) is 3.68. The van der Waals surface area contributed by atoms with Crippen LogP contribution in [0.15, 0.2) is 12.6 Å². The smallest absolute Gasteiger partial charge is 0.0534 e. The fourth-order valence-electron chi connectivity index (χ4n) is 0.222. The molecule has 0 heteroatoms. The third-order valence-electron chi connectivity index (χ3n) is 0.496. The quantitative estimate of drug-likeness (QED) is 0.452. The van der Waals surface area contributed by atoms with E-state index in [1.807, 2.05) is 13.8 Å². The van der Waals surface area contributed by atoms with Crippen molar-refractivity contribution in [1.29, 1.82) is 0 Å². The summed E-state index contributed by atoms with van der Waals surface area (Å²) < 4.78 is 13.8. The molecule has 1 atom stereocenters. The Bertz CT molecular complexity index is 76.6. The summed E-state index contributed by atoms with van der Waals surface area (Å²) >= 11 is 0. The van der Waals surface area contributed by atoms with E-state index in [2.05, 4.69) is 0 Å². The molecule has 0 aromatic heterocycles. The van der Waals surface area contributed by atoms with Gasteiger partial charge in [0.2, 0.25) is 0 Å². The van der Waals surface area contributed by atoms with Crippen LogP contribution in [-0.4, -0.2) is 0 Å². The van der Waals surface area contributed by atoms with Crippen LogP contribution in [0.4, 0.5) is 0 Å². The zero-order valence-electron chi connectivity index (χ0n) is 6.31. The van der Waals surface area contributed by atoms with E-state index in [4.69, 9.17) is 2.74 Å². The van der Waals surface area contributed by atoms with E-state index in [1.54, 1.807) is 6.08 Å². The van der Waals surface area contributed by atoms with Crippen LogP contribution in [0.1, 0.15) is 23.0 Å².